The van der Waals surface area contributed by atoms with Gasteiger partial charge in [0.2, 0.25) is 0 Å². The molecule has 0 aromatic heterocycles. The normalized spacial score (nSPS) is 11.7. The first kappa shape index (κ1) is 10.6. The summed E-state index contributed by atoms with van der Waals surface area (Å²) in [6.07, 6.45) is 0. The molecule has 0 saturated heterocycles. The second-order valence-electron chi connectivity index (χ2n) is 3.67. The summed E-state index contributed by atoms with van der Waals surface area (Å²) in [5.41, 5.74) is 0.108. The molecule has 0 radical (unpaired) electrons. The first-order valence-electron chi connectivity index (χ1n) is 4.17. The Hall–Kier alpha value is 0.596. The topological polar surface area (TPSA) is 9.23 Å². The van der Waals surface area contributed by atoms with Gasteiger partial charge in [0.05, 0.1) is 0 Å². The zero-order valence-corrected chi connectivity index (χ0v) is 10.3. The quantitative estimate of drug-likeness (QED) is 0.637. The van der Waals surface area contributed by atoms with E-state index in [1.807, 2.05) is 0 Å². The molecule has 60 valence electrons. The van der Waals surface area contributed by atoms with Crippen LogP contribution >= 0.6 is 0 Å². The summed E-state index contributed by atoms with van der Waals surface area (Å²) in [5.74, 6) is 0. The van der Waals surface area contributed by atoms with Gasteiger partial charge in [-0.15, -0.1) is 0 Å². The molecule has 1 nitrogen and oxygen atoms in total. The Balaban J connectivity index is 3.63. The van der Waals surface area contributed by atoms with E-state index in [0.717, 1.165) is 0 Å². The summed E-state index contributed by atoms with van der Waals surface area (Å²) in [6, 6.07) is 0. The van der Waals surface area contributed by atoms with E-state index in [-0.39, 0.29) is 5.60 Å². The zero-order chi connectivity index (χ0) is 8.20. The minimum absolute atomic E-state index is 0.108. The van der Waals surface area contributed by atoms with E-state index in [2.05, 4.69) is 34.6 Å². The van der Waals surface area contributed by atoms with Crippen LogP contribution in [0.1, 0.15) is 34.6 Å². The van der Waals surface area contributed by atoms with Crippen LogP contribution in [-0.2, 0) is 3.53 Å². The molecule has 0 N–H and O–H groups in total. The molecule has 0 saturated carbocycles. The minimum atomic E-state index is -1.26. The fraction of sp³-hybridized carbons (Fsp3) is 1.00. The van der Waals surface area contributed by atoms with Crippen molar-refractivity contribution in [3.63, 3.8) is 0 Å². The summed E-state index contributed by atoms with van der Waals surface area (Å²) in [7, 11) is 0. The Bertz CT molecular complexity index is 81.7. The van der Waals surface area contributed by atoms with Crippen molar-refractivity contribution in [1.82, 2.24) is 0 Å². The van der Waals surface area contributed by atoms with Crippen molar-refractivity contribution in [2.24, 2.45) is 0 Å². The first-order valence-corrected chi connectivity index (χ1v) is 8.59. The Morgan fingerprint density at radius 2 is 1.50 bits per heavy atom. The van der Waals surface area contributed by atoms with Gasteiger partial charge in [0.1, 0.15) is 0 Å². The molecule has 0 aliphatic heterocycles. The Morgan fingerprint density at radius 3 is 1.60 bits per heavy atom. The first-order chi connectivity index (χ1) is 4.49. The molecule has 0 amide bonds. The molecular weight excluding hydrogens is 182 g/mol. The van der Waals surface area contributed by atoms with Crippen molar-refractivity contribution in [2.75, 3.05) is 0 Å². The van der Waals surface area contributed by atoms with Crippen molar-refractivity contribution >= 4 is 16.6 Å². The number of hydrogen-bond acceptors (Lipinski definition) is 1. The zero-order valence-electron chi connectivity index (χ0n) is 7.90. The van der Waals surface area contributed by atoms with E-state index in [1.165, 1.54) is 9.95 Å². The van der Waals surface area contributed by atoms with Crippen molar-refractivity contribution in [2.45, 2.75) is 50.2 Å². The van der Waals surface area contributed by atoms with Crippen LogP contribution in [-0.4, -0.2) is 22.2 Å². The molecule has 0 heterocycles. The Kier molecular flexibility index (Phi) is 4.74. The molecule has 0 unspecified atom stereocenters. The van der Waals surface area contributed by atoms with Gasteiger partial charge in [-0.3, -0.25) is 0 Å². The molecular formula is C8H19GaO. The van der Waals surface area contributed by atoms with Crippen LogP contribution in [0.4, 0.5) is 0 Å². The standard InChI is InChI=1S/C4H9O.2C2H5.Ga/c1-4(2,3)5;2*1-2;/h1-3H3;2*1H2,2H3;/q-1;;;+1. The van der Waals surface area contributed by atoms with E-state index in [4.69, 9.17) is 3.53 Å². The van der Waals surface area contributed by atoms with Crippen LogP contribution in [0.3, 0.4) is 0 Å². The van der Waals surface area contributed by atoms with E-state index >= 15 is 0 Å². The van der Waals surface area contributed by atoms with Gasteiger partial charge in [-0.25, -0.2) is 0 Å². The van der Waals surface area contributed by atoms with Gasteiger partial charge in [-0.1, -0.05) is 0 Å². The Labute approximate surface area is 70.6 Å². The molecule has 0 spiro atoms. The van der Waals surface area contributed by atoms with E-state index in [0.29, 0.717) is 0 Å². The average molecular weight is 201 g/mol. The summed E-state index contributed by atoms with van der Waals surface area (Å²) in [5, 5.41) is 0. The van der Waals surface area contributed by atoms with Crippen molar-refractivity contribution in [3.05, 3.63) is 0 Å². The fourth-order valence-electron chi connectivity index (χ4n) is 0.955. The Morgan fingerprint density at radius 1 is 1.10 bits per heavy atom. The van der Waals surface area contributed by atoms with Crippen LogP contribution in [0.15, 0.2) is 0 Å². The van der Waals surface area contributed by atoms with Crippen LogP contribution in [0.2, 0.25) is 9.95 Å². The molecule has 0 atom stereocenters. The van der Waals surface area contributed by atoms with E-state index in [1.54, 1.807) is 0 Å². The maximum atomic E-state index is 5.92. The SMILES string of the molecule is C[CH2][Ga]([CH2]C)[O]C(C)(C)C. The number of hydrogen-bond donors (Lipinski definition) is 0. The van der Waals surface area contributed by atoms with Crippen LogP contribution in [0.25, 0.3) is 0 Å². The molecule has 0 aromatic carbocycles. The van der Waals surface area contributed by atoms with Gasteiger partial charge in [0.15, 0.2) is 0 Å². The van der Waals surface area contributed by atoms with Gasteiger partial charge in [-0.2, -0.15) is 0 Å². The average Bonchev–Trinajstić information content (AvgIpc) is 1.81. The van der Waals surface area contributed by atoms with Crippen LogP contribution < -0.4 is 0 Å². The van der Waals surface area contributed by atoms with Gasteiger partial charge in [-0.05, 0) is 0 Å². The third kappa shape index (κ3) is 5.39. The molecule has 0 fully saturated rings. The van der Waals surface area contributed by atoms with Gasteiger partial charge < -0.3 is 0 Å². The molecule has 0 bridgehead atoms. The predicted octanol–water partition coefficient (Wildman–Crippen LogP) is 2.83. The second kappa shape index (κ2) is 4.47. The molecule has 0 aromatic rings. The summed E-state index contributed by atoms with van der Waals surface area (Å²) >= 11 is -1.26. The monoisotopic (exact) mass is 200 g/mol. The van der Waals surface area contributed by atoms with Crippen LogP contribution in [0, 0.1) is 0 Å². The molecule has 0 rings (SSSR count). The maximum absolute atomic E-state index is 5.92. The fourth-order valence-corrected chi connectivity index (χ4v) is 4.96. The molecule has 0 aliphatic rings. The van der Waals surface area contributed by atoms with Crippen LogP contribution in [0.5, 0.6) is 0 Å². The van der Waals surface area contributed by atoms with Crippen molar-refractivity contribution < 1.29 is 3.53 Å². The van der Waals surface area contributed by atoms with Gasteiger partial charge >= 0.3 is 70.3 Å². The van der Waals surface area contributed by atoms with Gasteiger partial charge in [0.25, 0.3) is 0 Å². The van der Waals surface area contributed by atoms with Crippen molar-refractivity contribution in [1.29, 1.82) is 0 Å². The summed E-state index contributed by atoms with van der Waals surface area (Å²) in [4.78, 5) is 2.61. The third-order valence-corrected chi connectivity index (χ3v) is 7.44. The van der Waals surface area contributed by atoms with Crippen molar-refractivity contribution in [3.8, 4) is 0 Å². The van der Waals surface area contributed by atoms with E-state index in [9.17, 15) is 0 Å². The molecule has 10 heavy (non-hydrogen) atoms. The second-order valence-corrected chi connectivity index (χ2v) is 10.2. The number of rotatable bonds is 3. The van der Waals surface area contributed by atoms with Gasteiger partial charge in [0, 0.05) is 0 Å². The molecule has 2 heteroatoms. The third-order valence-electron chi connectivity index (χ3n) is 1.43. The summed E-state index contributed by atoms with van der Waals surface area (Å²) in [6.45, 7) is 10.9. The van der Waals surface area contributed by atoms with E-state index < -0.39 is 16.6 Å². The summed E-state index contributed by atoms with van der Waals surface area (Å²) < 4.78 is 5.92. The molecule has 0 aliphatic carbocycles. The predicted molar refractivity (Wildman–Crippen MR) is 47.6 cm³/mol.